The maximum atomic E-state index is 12.4. The monoisotopic (exact) mass is 562 g/mol. The number of anilines is 2. The molecule has 1 aliphatic carbocycles. The first kappa shape index (κ1) is 28.3. The number of amides is 2. The number of fused-ring (bicyclic) bond motifs is 1. The number of carbonyl (C=O) groups excluding carboxylic acids is 3. The van der Waals surface area contributed by atoms with Gasteiger partial charge in [-0.25, -0.2) is 20.6 Å². The van der Waals surface area contributed by atoms with Crippen LogP contribution in [0.5, 0.6) is 11.6 Å². The van der Waals surface area contributed by atoms with Crippen LogP contribution >= 0.6 is 11.6 Å². The Labute approximate surface area is 229 Å². The Bertz CT molecular complexity index is 1220. The van der Waals surface area contributed by atoms with Gasteiger partial charge in [0.2, 0.25) is 5.82 Å². The summed E-state index contributed by atoms with van der Waals surface area (Å²) in [6.45, 7) is 1.22. The SMILES string of the molecule is CNC(=O)COc1cc(Cl)c2c(c1)C(N)C(CNCCC1CN(c3cnc(OCC=O)c(NN)n3)C(=O)O1)C2. The summed E-state index contributed by atoms with van der Waals surface area (Å²) in [4.78, 5) is 44.1. The molecular weight excluding hydrogens is 532 g/mol. The van der Waals surface area contributed by atoms with Crippen molar-refractivity contribution in [2.45, 2.75) is 25.0 Å². The third kappa shape index (κ3) is 6.65. The van der Waals surface area contributed by atoms with Crippen LogP contribution in [0.1, 0.15) is 23.6 Å². The second kappa shape index (κ2) is 12.9. The van der Waals surface area contributed by atoms with E-state index in [1.165, 1.54) is 11.1 Å². The molecule has 1 saturated heterocycles. The van der Waals surface area contributed by atoms with Crippen LogP contribution in [0.4, 0.5) is 16.4 Å². The van der Waals surface area contributed by atoms with Crippen LogP contribution in [0.25, 0.3) is 0 Å². The Morgan fingerprint density at radius 1 is 1.36 bits per heavy atom. The molecule has 4 rings (SSSR count). The summed E-state index contributed by atoms with van der Waals surface area (Å²) >= 11 is 6.48. The Morgan fingerprint density at radius 3 is 2.92 bits per heavy atom. The lowest BCUT2D eigenvalue weighted by Gasteiger charge is -2.18. The van der Waals surface area contributed by atoms with Gasteiger partial charge in [0, 0.05) is 24.7 Å². The van der Waals surface area contributed by atoms with E-state index in [2.05, 4.69) is 26.0 Å². The predicted molar refractivity (Wildman–Crippen MR) is 142 cm³/mol. The molecule has 0 spiro atoms. The van der Waals surface area contributed by atoms with Gasteiger partial charge in [-0.3, -0.25) is 14.5 Å². The maximum absolute atomic E-state index is 12.4. The fraction of sp³-hybridized carbons (Fsp3) is 0.458. The van der Waals surface area contributed by atoms with Crippen molar-refractivity contribution in [2.75, 3.05) is 50.2 Å². The summed E-state index contributed by atoms with van der Waals surface area (Å²) in [5, 5.41) is 6.47. The first-order valence-corrected chi connectivity index (χ1v) is 12.7. The Balaban J connectivity index is 1.26. The van der Waals surface area contributed by atoms with Crippen molar-refractivity contribution in [1.82, 2.24) is 20.6 Å². The second-order valence-electron chi connectivity index (χ2n) is 9.04. The maximum Gasteiger partial charge on any atom is 0.415 e. The molecule has 2 amide bonds. The number of cyclic esters (lactones) is 1. The third-order valence-corrected chi connectivity index (χ3v) is 6.87. The molecule has 2 aromatic rings. The fourth-order valence-electron chi connectivity index (χ4n) is 4.51. The molecule has 0 bridgehead atoms. The second-order valence-corrected chi connectivity index (χ2v) is 9.45. The average Bonchev–Trinajstić information content (AvgIpc) is 3.47. The van der Waals surface area contributed by atoms with Crippen molar-refractivity contribution >= 4 is 41.5 Å². The number of nitrogens with two attached hydrogens (primary N) is 2. The van der Waals surface area contributed by atoms with Gasteiger partial charge in [0.25, 0.3) is 11.8 Å². The lowest BCUT2D eigenvalue weighted by molar-refractivity contribution is -0.122. The van der Waals surface area contributed by atoms with Crippen LogP contribution in [0.2, 0.25) is 5.02 Å². The summed E-state index contributed by atoms with van der Waals surface area (Å²) in [5.41, 5.74) is 10.8. The standard InChI is InChI=1S/C24H31ClN8O6/c1-28-20(35)12-38-15-7-17-16(18(25)8-15)6-13(21(17)26)9-29-3-2-14-11-33(24(36)39-14)19-10-30-23(37-5-4-34)22(31-19)32-27/h4,7-8,10,13-14,21,29H,2-3,5-6,9,11-12,26-27H2,1H3,(H,28,35)(H,31,32). The summed E-state index contributed by atoms with van der Waals surface area (Å²) in [7, 11) is 1.54. The molecule has 3 atom stereocenters. The topological polar surface area (TPSA) is 196 Å². The summed E-state index contributed by atoms with van der Waals surface area (Å²) in [5.74, 6) is 6.22. The minimum Gasteiger partial charge on any atom is -0.484 e. The van der Waals surface area contributed by atoms with E-state index in [9.17, 15) is 14.4 Å². The van der Waals surface area contributed by atoms with Gasteiger partial charge in [-0.05, 0) is 48.6 Å². The van der Waals surface area contributed by atoms with Gasteiger partial charge >= 0.3 is 6.09 Å². The number of nitrogens with zero attached hydrogens (tertiary/aromatic N) is 3. The first-order valence-electron chi connectivity index (χ1n) is 12.3. The van der Waals surface area contributed by atoms with Crippen molar-refractivity contribution in [1.29, 1.82) is 0 Å². The van der Waals surface area contributed by atoms with Crippen LogP contribution in [0.15, 0.2) is 18.3 Å². The number of aldehydes is 1. The van der Waals surface area contributed by atoms with E-state index >= 15 is 0 Å². The Hall–Kier alpha value is -3.72. The highest BCUT2D eigenvalue weighted by molar-refractivity contribution is 6.31. The van der Waals surface area contributed by atoms with Gasteiger partial charge in [0.05, 0.1) is 12.7 Å². The number of carbonyl (C=O) groups is 3. The smallest absolute Gasteiger partial charge is 0.415 e. The summed E-state index contributed by atoms with van der Waals surface area (Å²) < 4.78 is 16.2. The number of ether oxygens (including phenoxy) is 3. The molecular formula is C24H31ClN8O6. The molecule has 15 heteroatoms. The molecule has 1 aliphatic heterocycles. The van der Waals surface area contributed by atoms with Gasteiger partial charge in [-0.2, -0.15) is 0 Å². The largest absolute Gasteiger partial charge is 0.484 e. The molecule has 39 heavy (non-hydrogen) atoms. The zero-order chi connectivity index (χ0) is 27.9. The van der Waals surface area contributed by atoms with Crippen LogP contribution in [-0.4, -0.2) is 74.3 Å². The molecule has 1 aromatic carbocycles. The van der Waals surface area contributed by atoms with E-state index in [0.717, 1.165) is 11.1 Å². The van der Waals surface area contributed by atoms with Crippen molar-refractivity contribution in [2.24, 2.45) is 17.5 Å². The van der Waals surface area contributed by atoms with E-state index in [1.54, 1.807) is 13.1 Å². The summed E-state index contributed by atoms with van der Waals surface area (Å²) in [6.07, 6.45) is 2.32. The molecule has 2 aliphatic rings. The van der Waals surface area contributed by atoms with Gasteiger partial charge < -0.3 is 36.0 Å². The van der Waals surface area contributed by atoms with Crippen molar-refractivity contribution in [3.05, 3.63) is 34.5 Å². The number of likely N-dealkylation sites (N-methyl/N-ethyl adjacent to an activating group) is 1. The van der Waals surface area contributed by atoms with Crippen LogP contribution in [-0.2, 0) is 20.7 Å². The van der Waals surface area contributed by atoms with E-state index in [4.69, 9.17) is 37.4 Å². The number of hydrogen-bond donors (Lipinski definition) is 5. The minimum absolute atomic E-state index is 0.0443. The lowest BCUT2D eigenvalue weighted by atomic mass is 10.0. The quantitative estimate of drug-likeness (QED) is 0.0970. The Morgan fingerprint density at radius 2 is 2.18 bits per heavy atom. The number of hydrogen-bond acceptors (Lipinski definition) is 12. The van der Waals surface area contributed by atoms with Gasteiger partial charge in [0.15, 0.2) is 18.7 Å². The molecule has 3 unspecified atom stereocenters. The van der Waals surface area contributed by atoms with Crippen molar-refractivity contribution < 1.29 is 28.6 Å². The molecule has 7 N–H and O–H groups in total. The minimum atomic E-state index is -0.545. The highest BCUT2D eigenvalue weighted by Gasteiger charge is 2.34. The van der Waals surface area contributed by atoms with E-state index in [0.29, 0.717) is 43.0 Å². The molecule has 1 aromatic heterocycles. The highest BCUT2D eigenvalue weighted by Crippen LogP contribution is 2.40. The van der Waals surface area contributed by atoms with Gasteiger partial charge in [0.1, 0.15) is 18.5 Å². The molecule has 2 heterocycles. The molecule has 0 radical (unpaired) electrons. The highest BCUT2D eigenvalue weighted by atomic mass is 35.5. The number of hydrazine groups is 1. The van der Waals surface area contributed by atoms with Gasteiger partial charge in [-0.15, -0.1) is 0 Å². The summed E-state index contributed by atoms with van der Waals surface area (Å²) in [6, 6.07) is 3.31. The molecule has 210 valence electrons. The normalized spacial score (nSPS) is 19.8. The zero-order valence-corrected chi connectivity index (χ0v) is 22.1. The van der Waals surface area contributed by atoms with E-state index in [1.807, 2.05) is 6.07 Å². The average molecular weight is 563 g/mol. The number of rotatable bonds is 13. The number of nitrogen functional groups attached to an aromatic ring is 1. The van der Waals surface area contributed by atoms with Crippen LogP contribution < -0.4 is 42.0 Å². The molecule has 14 nitrogen and oxygen atoms in total. The molecule has 0 saturated carbocycles. The predicted octanol–water partition coefficient (Wildman–Crippen LogP) is 0.295. The van der Waals surface area contributed by atoms with Crippen LogP contribution in [0.3, 0.4) is 0 Å². The third-order valence-electron chi connectivity index (χ3n) is 6.54. The number of nitrogens with one attached hydrogen (secondary N) is 3. The first-order chi connectivity index (χ1) is 18.8. The Kier molecular flexibility index (Phi) is 9.35. The molecule has 1 fully saturated rings. The fourth-order valence-corrected chi connectivity index (χ4v) is 4.81. The van der Waals surface area contributed by atoms with Crippen molar-refractivity contribution in [3.63, 3.8) is 0 Å². The van der Waals surface area contributed by atoms with E-state index in [-0.39, 0.29) is 61.2 Å². The van der Waals surface area contributed by atoms with Gasteiger partial charge in [-0.1, -0.05) is 11.6 Å². The van der Waals surface area contributed by atoms with Crippen molar-refractivity contribution in [3.8, 4) is 11.6 Å². The number of aromatic nitrogens is 2. The van der Waals surface area contributed by atoms with Crippen LogP contribution in [0, 0.1) is 5.92 Å². The number of benzene rings is 1. The zero-order valence-electron chi connectivity index (χ0n) is 21.3. The van der Waals surface area contributed by atoms with E-state index < -0.39 is 6.09 Å². The number of halogens is 1. The lowest BCUT2D eigenvalue weighted by Crippen LogP contribution is -2.31.